The number of benzene rings is 1. The summed E-state index contributed by atoms with van der Waals surface area (Å²) in [6.45, 7) is -0.231. The first kappa shape index (κ1) is 15.3. The summed E-state index contributed by atoms with van der Waals surface area (Å²) in [5, 5.41) is 2.45. The Morgan fingerprint density at radius 1 is 1.38 bits per heavy atom. The van der Waals surface area contributed by atoms with Gasteiger partial charge in [-0.05, 0) is 17.7 Å². The predicted octanol–water partition coefficient (Wildman–Crippen LogP) is 2.34. The van der Waals surface area contributed by atoms with Crippen LogP contribution < -0.4 is 11.1 Å². The van der Waals surface area contributed by atoms with Crippen molar-refractivity contribution in [2.24, 2.45) is 5.73 Å². The minimum Gasteiger partial charge on any atom is -0.350 e. The molecule has 0 heterocycles. The number of alkyl halides is 3. The van der Waals surface area contributed by atoms with Gasteiger partial charge in [0.2, 0.25) is 5.91 Å². The maximum atomic E-state index is 12.8. The molecule has 1 unspecified atom stereocenters. The van der Waals surface area contributed by atoms with Crippen molar-refractivity contribution in [3.63, 3.8) is 0 Å². The van der Waals surface area contributed by atoms with E-state index in [9.17, 15) is 18.0 Å². The highest BCUT2D eigenvalue weighted by molar-refractivity contribution is 5.88. The van der Waals surface area contributed by atoms with Crippen LogP contribution in [0.3, 0.4) is 0 Å². The zero-order valence-electron chi connectivity index (χ0n) is 11.1. The van der Waals surface area contributed by atoms with Gasteiger partial charge in [-0.1, -0.05) is 36.4 Å². The van der Waals surface area contributed by atoms with Crippen LogP contribution in [0.4, 0.5) is 13.2 Å². The minimum absolute atomic E-state index is 0.00117. The Morgan fingerprint density at radius 2 is 2.10 bits per heavy atom. The van der Waals surface area contributed by atoms with Crippen LogP contribution in [0.5, 0.6) is 0 Å². The van der Waals surface area contributed by atoms with Gasteiger partial charge in [0.25, 0.3) is 0 Å². The lowest BCUT2D eigenvalue weighted by Crippen LogP contribution is -2.52. The summed E-state index contributed by atoms with van der Waals surface area (Å²) < 4.78 is 38.5. The number of nitrogens with two attached hydrogens (primary N) is 1. The van der Waals surface area contributed by atoms with Crippen molar-refractivity contribution in [1.29, 1.82) is 0 Å². The monoisotopic (exact) mass is 295 g/mol. The molecule has 0 bridgehead atoms. The quantitative estimate of drug-likeness (QED) is 0.899. The molecular weight excluding hydrogens is 281 g/mol. The summed E-state index contributed by atoms with van der Waals surface area (Å²) in [5.74, 6) is -0.531. The number of carbonyl (C=O) groups is 1. The highest BCUT2D eigenvalue weighted by Gasteiger charge is 2.34. The fourth-order valence-corrected chi connectivity index (χ4v) is 2.02. The molecule has 0 fully saturated rings. The normalized spacial score (nSPS) is 21.3. The van der Waals surface area contributed by atoms with Crippen molar-refractivity contribution >= 4 is 5.91 Å². The molecule has 1 aromatic carbocycles. The Kier molecular flexibility index (Phi) is 4.18. The molecule has 1 aliphatic rings. The van der Waals surface area contributed by atoms with Crippen molar-refractivity contribution in [1.82, 2.24) is 5.32 Å². The van der Waals surface area contributed by atoms with Gasteiger partial charge in [0.1, 0.15) is 5.54 Å². The summed E-state index contributed by atoms with van der Waals surface area (Å²) in [7, 11) is 0. The molecule has 0 aromatic heterocycles. The number of carbonyl (C=O) groups excluding carboxylic acids is 1. The third kappa shape index (κ3) is 3.52. The lowest BCUT2D eigenvalue weighted by atomic mass is 9.91. The third-order valence-corrected chi connectivity index (χ3v) is 3.19. The molecule has 6 heteroatoms. The van der Waals surface area contributed by atoms with E-state index in [1.807, 2.05) is 0 Å². The van der Waals surface area contributed by atoms with Crippen LogP contribution in [0.25, 0.3) is 0 Å². The Balaban J connectivity index is 2.09. The Morgan fingerprint density at radius 3 is 2.71 bits per heavy atom. The van der Waals surface area contributed by atoms with Gasteiger partial charge in [-0.3, -0.25) is 4.79 Å². The summed E-state index contributed by atoms with van der Waals surface area (Å²) in [6, 6.07) is 5.11. The molecular formula is C15H14F3N2O. The summed E-state index contributed by atoms with van der Waals surface area (Å²) in [5.41, 5.74) is 3.86. The molecule has 3 N–H and O–H groups in total. The topological polar surface area (TPSA) is 55.1 Å². The predicted molar refractivity (Wildman–Crippen MR) is 71.8 cm³/mol. The lowest BCUT2D eigenvalue weighted by molar-refractivity contribution is -0.138. The molecule has 21 heavy (non-hydrogen) atoms. The van der Waals surface area contributed by atoms with Crippen molar-refractivity contribution < 1.29 is 18.0 Å². The van der Waals surface area contributed by atoms with Crippen molar-refractivity contribution in [3.8, 4) is 0 Å². The zero-order chi connectivity index (χ0) is 15.5. The van der Waals surface area contributed by atoms with E-state index in [-0.39, 0.29) is 18.5 Å². The van der Waals surface area contributed by atoms with Crippen LogP contribution in [0.15, 0.2) is 42.5 Å². The number of halogens is 3. The largest absolute Gasteiger partial charge is 0.416 e. The number of amides is 1. The highest BCUT2D eigenvalue weighted by Crippen LogP contribution is 2.31. The van der Waals surface area contributed by atoms with E-state index in [2.05, 4.69) is 11.4 Å². The number of allylic oxidation sites excluding steroid dienone is 2. The van der Waals surface area contributed by atoms with Crippen LogP contribution in [-0.4, -0.2) is 11.4 Å². The molecule has 1 atom stereocenters. The maximum absolute atomic E-state index is 12.8. The second-order valence-electron chi connectivity index (χ2n) is 4.78. The molecule has 0 spiro atoms. The van der Waals surface area contributed by atoms with Crippen molar-refractivity contribution in [3.05, 3.63) is 59.7 Å². The summed E-state index contributed by atoms with van der Waals surface area (Å²) in [6.07, 6.45) is 3.28. The van der Waals surface area contributed by atoms with Gasteiger partial charge in [-0.2, -0.15) is 13.2 Å². The number of hydrogen-bond acceptors (Lipinski definition) is 2. The van der Waals surface area contributed by atoms with E-state index in [0.29, 0.717) is 0 Å². The molecule has 111 valence electrons. The standard InChI is InChI=1S/C15H14F3N2O/c16-15(17,18)12-7-3-2-6-11(12)10-20-13(21)14(19)8-4-1-5-9-14/h1-4,6-8H,9-10,19H2,(H,20,21). The van der Waals surface area contributed by atoms with Gasteiger partial charge < -0.3 is 11.1 Å². The first-order valence-electron chi connectivity index (χ1n) is 6.30. The SMILES string of the molecule is NC1(C(=O)NCc2ccccc2C(F)(F)F)C=CC=[C]C1. The fraction of sp³-hybridized carbons (Fsp3) is 0.267. The average Bonchev–Trinajstić information content (AvgIpc) is 2.45. The van der Waals surface area contributed by atoms with Gasteiger partial charge in [-0.25, -0.2) is 0 Å². The molecule has 0 saturated heterocycles. The van der Waals surface area contributed by atoms with Crippen LogP contribution in [0.1, 0.15) is 17.5 Å². The average molecular weight is 295 g/mol. The number of rotatable bonds is 3. The zero-order valence-corrected chi connectivity index (χ0v) is 11.1. The van der Waals surface area contributed by atoms with E-state index >= 15 is 0 Å². The minimum atomic E-state index is -4.46. The molecule has 3 nitrogen and oxygen atoms in total. The second-order valence-corrected chi connectivity index (χ2v) is 4.78. The van der Waals surface area contributed by atoms with E-state index in [4.69, 9.17) is 5.73 Å². The van der Waals surface area contributed by atoms with Gasteiger partial charge in [0.05, 0.1) is 5.56 Å². The van der Waals surface area contributed by atoms with Crippen LogP contribution in [0.2, 0.25) is 0 Å². The van der Waals surface area contributed by atoms with E-state index < -0.39 is 23.2 Å². The Hall–Kier alpha value is -2.08. The second kappa shape index (κ2) is 5.73. The molecule has 1 aliphatic carbocycles. The maximum Gasteiger partial charge on any atom is 0.416 e. The molecule has 1 amide bonds. The first-order chi connectivity index (χ1) is 9.83. The first-order valence-corrected chi connectivity index (χ1v) is 6.30. The van der Waals surface area contributed by atoms with Crippen LogP contribution in [0, 0.1) is 6.08 Å². The third-order valence-electron chi connectivity index (χ3n) is 3.19. The molecule has 1 aromatic rings. The van der Waals surface area contributed by atoms with Crippen molar-refractivity contribution in [2.45, 2.75) is 24.7 Å². The Bertz CT molecular complexity index is 593. The molecule has 2 rings (SSSR count). The van der Waals surface area contributed by atoms with Crippen LogP contribution >= 0.6 is 0 Å². The van der Waals surface area contributed by atoms with Gasteiger partial charge in [0, 0.05) is 13.0 Å². The van der Waals surface area contributed by atoms with E-state index in [1.165, 1.54) is 24.3 Å². The smallest absolute Gasteiger partial charge is 0.350 e. The molecule has 1 radical (unpaired) electrons. The number of nitrogens with one attached hydrogen (secondary N) is 1. The van der Waals surface area contributed by atoms with E-state index in [0.717, 1.165) is 6.07 Å². The highest BCUT2D eigenvalue weighted by atomic mass is 19.4. The number of hydrogen-bond donors (Lipinski definition) is 2. The lowest BCUT2D eigenvalue weighted by Gasteiger charge is -2.25. The Labute approximate surface area is 120 Å². The van der Waals surface area contributed by atoms with Gasteiger partial charge in [0.15, 0.2) is 0 Å². The fourth-order valence-electron chi connectivity index (χ4n) is 2.02. The van der Waals surface area contributed by atoms with Crippen LogP contribution in [-0.2, 0) is 17.5 Å². The molecule has 0 saturated carbocycles. The van der Waals surface area contributed by atoms with Crippen molar-refractivity contribution in [2.75, 3.05) is 0 Å². The molecule has 0 aliphatic heterocycles. The van der Waals surface area contributed by atoms with Gasteiger partial charge in [-0.15, -0.1) is 0 Å². The van der Waals surface area contributed by atoms with Gasteiger partial charge >= 0.3 is 6.18 Å². The summed E-state index contributed by atoms with van der Waals surface area (Å²) in [4.78, 5) is 12.0. The summed E-state index contributed by atoms with van der Waals surface area (Å²) >= 11 is 0. The van der Waals surface area contributed by atoms with E-state index in [1.54, 1.807) is 12.2 Å².